The number of nitrogens with one attached hydrogen (secondary N) is 3. The number of amides is 1. The molecule has 0 spiro atoms. The van der Waals surface area contributed by atoms with Crippen LogP contribution in [0.3, 0.4) is 0 Å². The number of aromatic nitrogens is 3. The van der Waals surface area contributed by atoms with E-state index in [0.29, 0.717) is 37.1 Å². The summed E-state index contributed by atoms with van der Waals surface area (Å²) in [6.45, 7) is 14.7. The number of pyridine rings is 1. The number of carbonyl (C=O) groups excluding carboxylic acids is 2. The molecule has 1 saturated heterocycles. The van der Waals surface area contributed by atoms with Crippen molar-refractivity contribution in [1.82, 2.24) is 30.1 Å². The Balaban J connectivity index is 1.26. The zero-order valence-electron chi connectivity index (χ0n) is 27.3. The summed E-state index contributed by atoms with van der Waals surface area (Å²) in [5.41, 5.74) is 2.96. The van der Waals surface area contributed by atoms with Crippen molar-refractivity contribution in [2.45, 2.75) is 59.3 Å². The summed E-state index contributed by atoms with van der Waals surface area (Å²) in [6, 6.07) is 11.5. The number of hydrogen-bond acceptors (Lipinski definition) is 11. The molecule has 0 atom stereocenters. The standard InChI is InChI=1S/C33H45ClN8O4/c1-23(2)45-32(44)37-13-6-12-35-29-10-7-24(20-38-29)28-11-14-36-31(40-28)39-26-8-9-27(34)25(19-26)21-41-15-17-42(18-16-41)22-30(43)46-33(3,4)5/h7-11,14,19-20,23H,6,12-13,15-18,21-22H2,1-5H3,(H,35,38)(H,37,44)(H,36,39,40). The van der Waals surface area contributed by atoms with Crippen LogP contribution in [0.4, 0.5) is 22.2 Å². The Labute approximate surface area is 276 Å². The number of rotatable bonds is 13. The summed E-state index contributed by atoms with van der Waals surface area (Å²) >= 11 is 6.58. The highest BCUT2D eigenvalue weighted by Gasteiger charge is 2.23. The molecule has 3 N–H and O–H groups in total. The van der Waals surface area contributed by atoms with Gasteiger partial charge in [0.1, 0.15) is 11.4 Å². The Kier molecular flexibility index (Phi) is 12.5. The van der Waals surface area contributed by atoms with E-state index in [-0.39, 0.29) is 12.1 Å². The van der Waals surface area contributed by atoms with Gasteiger partial charge in [0, 0.05) is 74.5 Å². The maximum Gasteiger partial charge on any atom is 0.407 e. The lowest BCUT2D eigenvalue weighted by molar-refractivity contribution is -0.156. The number of esters is 1. The van der Waals surface area contributed by atoms with Crippen molar-refractivity contribution in [3.05, 3.63) is 59.4 Å². The number of ether oxygens (including phenoxy) is 2. The highest BCUT2D eigenvalue weighted by molar-refractivity contribution is 6.31. The third-order valence-corrected chi connectivity index (χ3v) is 7.29. The molecule has 1 fully saturated rings. The van der Waals surface area contributed by atoms with Gasteiger partial charge in [-0.3, -0.25) is 14.6 Å². The fourth-order valence-corrected chi connectivity index (χ4v) is 4.96. The summed E-state index contributed by atoms with van der Waals surface area (Å²) in [4.78, 5) is 41.8. The van der Waals surface area contributed by atoms with E-state index in [1.807, 2.05) is 71.0 Å². The minimum absolute atomic E-state index is 0.142. The maximum atomic E-state index is 12.2. The molecule has 1 amide bonds. The number of benzene rings is 1. The van der Waals surface area contributed by atoms with Gasteiger partial charge in [-0.1, -0.05) is 11.6 Å². The predicted octanol–water partition coefficient (Wildman–Crippen LogP) is 5.33. The smallest absolute Gasteiger partial charge is 0.407 e. The van der Waals surface area contributed by atoms with E-state index < -0.39 is 11.7 Å². The van der Waals surface area contributed by atoms with Gasteiger partial charge in [-0.25, -0.2) is 19.7 Å². The summed E-state index contributed by atoms with van der Waals surface area (Å²) in [6.07, 6.45) is 3.66. The quantitative estimate of drug-likeness (QED) is 0.163. The third-order valence-electron chi connectivity index (χ3n) is 6.92. The SMILES string of the molecule is CC(C)OC(=O)NCCCNc1ccc(-c2ccnc(Nc3ccc(Cl)c(CN4CCN(CC(=O)OC(C)(C)C)CC4)c3)n2)cn1. The van der Waals surface area contributed by atoms with Crippen LogP contribution in [0.15, 0.2) is 48.8 Å². The van der Waals surface area contributed by atoms with Crippen LogP contribution in [-0.4, -0.2) is 94.3 Å². The van der Waals surface area contributed by atoms with Crippen molar-refractivity contribution in [3.63, 3.8) is 0 Å². The molecule has 2 aromatic heterocycles. The molecule has 0 radical (unpaired) electrons. The first kappa shape index (κ1) is 34.9. The number of carbonyl (C=O) groups is 2. The molecule has 1 aliphatic heterocycles. The molecule has 3 aromatic rings. The molecule has 46 heavy (non-hydrogen) atoms. The van der Waals surface area contributed by atoms with E-state index in [4.69, 9.17) is 26.1 Å². The molecule has 0 saturated carbocycles. The van der Waals surface area contributed by atoms with Gasteiger partial charge in [0.05, 0.1) is 18.3 Å². The first-order valence-corrected chi connectivity index (χ1v) is 16.0. The topological polar surface area (TPSA) is 134 Å². The molecule has 1 aromatic carbocycles. The normalized spacial score (nSPS) is 14.2. The van der Waals surface area contributed by atoms with Gasteiger partial charge in [0.2, 0.25) is 5.95 Å². The number of hydrogen-bond donors (Lipinski definition) is 3. The fraction of sp³-hybridized carbons (Fsp3) is 0.485. The van der Waals surface area contributed by atoms with Crippen molar-refractivity contribution in [1.29, 1.82) is 0 Å². The summed E-state index contributed by atoms with van der Waals surface area (Å²) < 4.78 is 10.5. The molecular formula is C33H45ClN8O4. The fourth-order valence-electron chi connectivity index (χ4n) is 4.79. The Hall–Kier alpha value is -4.00. The van der Waals surface area contributed by atoms with Crippen LogP contribution >= 0.6 is 11.6 Å². The van der Waals surface area contributed by atoms with Crippen molar-refractivity contribution in [2.24, 2.45) is 0 Å². The average molecular weight is 653 g/mol. The lowest BCUT2D eigenvalue weighted by Crippen LogP contribution is -2.48. The molecule has 0 unspecified atom stereocenters. The molecule has 4 rings (SSSR count). The minimum Gasteiger partial charge on any atom is -0.459 e. The van der Waals surface area contributed by atoms with E-state index in [9.17, 15) is 9.59 Å². The maximum absolute atomic E-state index is 12.2. The predicted molar refractivity (Wildman–Crippen MR) is 180 cm³/mol. The van der Waals surface area contributed by atoms with Crippen molar-refractivity contribution in [3.8, 4) is 11.3 Å². The summed E-state index contributed by atoms with van der Waals surface area (Å²) in [7, 11) is 0. The number of piperazine rings is 1. The van der Waals surface area contributed by atoms with Crippen LogP contribution in [0.25, 0.3) is 11.3 Å². The largest absolute Gasteiger partial charge is 0.459 e. The molecule has 0 bridgehead atoms. The monoisotopic (exact) mass is 652 g/mol. The zero-order chi connectivity index (χ0) is 33.1. The molecule has 12 nitrogen and oxygen atoms in total. The van der Waals surface area contributed by atoms with E-state index >= 15 is 0 Å². The molecule has 1 aliphatic rings. The molecular weight excluding hydrogens is 608 g/mol. The lowest BCUT2D eigenvalue weighted by atomic mass is 10.1. The van der Waals surface area contributed by atoms with Gasteiger partial charge in [-0.15, -0.1) is 0 Å². The Morgan fingerprint density at radius 2 is 1.76 bits per heavy atom. The van der Waals surface area contributed by atoms with Gasteiger partial charge in [0.25, 0.3) is 0 Å². The van der Waals surface area contributed by atoms with E-state index in [0.717, 1.165) is 60.9 Å². The van der Waals surface area contributed by atoms with Crippen molar-refractivity contribution in [2.75, 3.05) is 56.4 Å². The van der Waals surface area contributed by atoms with Crippen LogP contribution in [0, 0.1) is 0 Å². The van der Waals surface area contributed by atoms with E-state index in [1.165, 1.54) is 0 Å². The average Bonchev–Trinajstić information content (AvgIpc) is 2.99. The number of nitrogens with zero attached hydrogens (tertiary/aromatic N) is 5. The number of alkyl carbamates (subject to hydrolysis) is 1. The third kappa shape index (κ3) is 11.7. The van der Waals surface area contributed by atoms with Crippen molar-refractivity contribution < 1.29 is 19.1 Å². The first-order valence-electron chi connectivity index (χ1n) is 15.6. The highest BCUT2D eigenvalue weighted by Crippen LogP contribution is 2.25. The second-order valence-electron chi connectivity index (χ2n) is 12.4. The second kappa shape index (κ2) is 16.5. The van der Waals surface area contributed by atoms with Crippen LogP contribution in [-0.2, 0) is 20.8 Å². The molecule has 3 heterocycles. The second-order valence-corrected chi connectivity index (χ2v) is 12.8. The van der Waals surface area contributed by atoms with Crippen LogP contribution in [0.1, 0.15) is 46.6 Å². The van der Waals surface area contributed by atoms with E-state index in [2.05, 4.69) is 35.7 Å². The van der Waals surface area contributed by atoms with Crippen LogP contribution in [0.5, 0.6) is 0 Å². The van der Waals surface area contributed by atoms with Crippen LogP contribution < -0.4 is 16.0 Å². The zero-order valence-corrected chi connectivity index (χ0v) is 28.1. The van der Waals surface area contributed by atoms with Gasteiger partial charge >= 0.3 is 12.1 Å². The van der Waals surface area contributed by atoms with Gasteiger partial charge < -0.3 is 25.4 Å². The molecule has 13 heteroatoms. The Morgan fingerprint density at radius 1 is 1.00 bits per heavy atom. The number of halogens is 1. The van der Waals surface area contributed by atoms with Crippen molar-refractivity contribution >= 4 is 41.1 Å². The summed E-state index contributed by atoms with van der Waals surface area (Å²) in [5.74, 6) is 1.01. The lowest BCUT2D eigenvalue weighted by Gasteiger charge is -2.34. The minimum atomic E-state index is -0.477. The Morgan fingerprint density at radius 3 is 2.46 bits per heavy atom. The van der Waals surface area contributed by atoms with Gasteiger partial charge in [-0.05, 0) is 83.0 Å². The van der Waals surface area contributed by atoms with Gasteiger partial charge in [0.15, 0.2) is 0 Å². The Bertz CT molecular complexity index is 1440. The number of anilines is 3. The highest BCUT2D eigenvalue weighted by atomic mass is 35.5. The van der Waals surface area contributed by atoms with Crippen LogP contribution in [0.2, 0.25) is 5.02 Å². The molecule has 0 aliphatic carbocycles. The van der Waals surface area contributed by atoms with E-state index in [1.54, 1.807) is 12.4 Å². The summed E-state index contributed by atoms with van der Waals surface area (Å²) in [5, 5.41) is 9.98. The molecule has 248 valence electrons. The van der Waals surface area contributed by atoms with Gasteiger partial charge in [-0.2, -0.15) is 0 Å². The first-order chi connectivity index (χ1) is 21.9.